The van der Waals surface area contributed by atoms with Gasteiger partial charge in [-0.1, -0.05) is 38.5 Å². The third-order valence-electron chi connectivity index (χ3n) is 6.91. The van der Waals surface area contributed by atoms with Crippen LogP contribution in [-0.4, -0.2) is 75.1 Å². The second kappa shape index (κ2) is 12.3. The van der Waals surface area contributed by atoms with E-state index in [1.54, 1.807) is 6.20 Å². The van der Waals surface area contributed by atoms with Crippen LogP contribution in [0, 0.1) is 5.92 Å². The first-order valence-electron chi connectivity index (χ1n) is 12.2. The van der Waals surface area contributed by atoms with Gasteiger partial charge in [-0.05, 0) is 30.4 Å². The highest BCUT2D eigenvalue weighted by Crippen LogP contribution is 2.21. The van der Waals surface area contributed by atoms with Crippen LogP contribution in [0.25, 0.3) is 10.9 Å². The molecule has 0 spiro atoms. The normalized spacial score (nSPS) is 18.9. The maximum absolute atomic E-state index is 13.0. The number of fused-ring (bicyclic) bond motifs is 1. The number of amides is 3. The molecular formula is C25H35N5O5S. The van der Waals surface area contributed by atoms with Gasteiger partial charge in [0.15, 0.2) is 0 Å². The van der Waals surface area contributed by atoms with Crippen molar-refractivity contribution >= 4 is 47.2 Å². The number of para-hydroxylation sites is 1. The van der Waals surface area contributed by atoms with E-state index in [1.165, 1.54) is 4.90 Å². The SMILES string of the molecule is CCC(C)C(N)C(=O)N1CCCC1C(=O)NC(CS)C(=O)NC(Cc1c[nH]c2ccccc12)C(=O)O. The van der Waals surface area contributed by atoms with Crippen molar-refractivity contribution in [2.75, 3.05) is 12.3 Å². The molecule has 0 aliphatic carbocycles. The molecule has 6 N–H and O–H groups in total. The van der Waals surface area contributed by atoms with Gasteiger partial charge < -0.3 is 31.4 Å². The van der Waals surface area contributed by atoms with E-state index in [0.29, 0.717) is 19.4 Å². The van der Waals surface area contributed by atoms with Crippen LogP contribution >= 0.6 is 12.6 Å². The molecule has 1 aromatic carbocycles. The number of rotatable bonds is 11. The fraction of sp³-hybridized carbons (Fsp3) is 0.520. The van der Waals surface area contributed by atoms with Gasteiger partial charge in [0.25, 0.3) is 0 Å². The summed E-state index contributed by atoms with van der Waals surface area (Å²) in [4.78, 5) is 55.3. The molecule has 2 aromatic rings. The zero-order valence-electron chi connectivity index (χ0n) is 20.6. The summed E-state index contributed by atoms with van der Waals surface area (Å²) in [6.45, 7) is 4.26. The smallest absolute Gasteiger partial charge is 0.326 e. The maximum atomic E-state index is 13.0. The van der Waals surface area contributed by atoms with Crippen LogP contribution in [0.3, 0.4) is 0 Å². The molecule has 1 aliphatic heterocycles. The predicted octanol–water partition coefficient (Wildman–Crippen LogP) is 1.06. The van der Waals surface area contributed by atoms with Crippen molar-refractivity contribution in [3.63, 3.8) is 0 Å². The van der Waals surface area contributed by atoms with Gasteiger partial charge >= 0.3 is 5.97 Å². The number of likely N-dealkylation sites (tertiary alicyclic amines) is 1. The Labute approximate surface area is 215 Å². The van der Waals surface area contributed by atoms with Gasteiger partial charge in [-0.3, -0.25) is 14.4 Å². The number of carbonyl (C=O) groups is 4. The number of aromatic amines is 1. The summed E-state index contributed by atoms with van der Waals surface area (Å²) in [5.41, 5.74) is 7.73. The quantitative estimate of drug-likeness (QED) is 0.245. The number of H-pyrrole nitrogens is 1. The summed E-state index contributed by atoms with van der Waals surface area (Å²) in [7, 11) is 0. The van der Waals surface area contributed by atoms with E-state index in [0.717, 1.165) is 22.9 Å². The van der Waals surface area contributed by atoms with Crippen LogP contribution in [0.15, 0.2) is 30.5 Å². The van der Waals surface area contributed by atoms with Gasteiger partial charge in [0.1, 0.15) is 18.1 Å². The lowest BCUT2D eigenvalue weighted by atomic mass is 9.98. The summed E-state index contributed by atoms with van der Waals surface area (Å²) < 4.78 is 0. The molecule has 10 nitrogen and oxygen atoms in total. The van der Waals surface area contributed by atoms with Crippen LogP contribution in [0.5, 0.6) is 0 Å². The number of benzene rings is 1. The molecule has 1 fully saturated rings. The zero-order valence-corrected chi connectivity index (χ0v) is 21.5. The van der Waals surface area contributed by atoms with Crippen LogP contribution in [0.4, 0.5) is 0 Å². The van der Waals surface area contributed by atoms with E-state index < -0.39 is 42.0 Å². The van der Waals surface area contributed by atoms with Gasteiger partial charge in [-0.25, -0.2) is 4.79 Å². The standard InChI is InChI=1S/C25H35N5O5S/c1-3-14(2)21(26)24(33)30-10-6-9-20(30)23(32)29-19(13-36)22(31)28-18(25(34)35)11-15-12-27-17-8-5-4-7-16(15)17/h4-5,7-8,12,14,18-21,27,36H,3,6,9-11,13,26H2,1-2H3,(H,28,31)(H,29,32)(H,34,35). The van der Waals surface area contributed by atoms with E-state index in [9.17, 15) is 24.3 Å². The molecule has 0 radical (unpaired) electrons. The molecule has 1 aromatic heterocycles. The monoisotopic (exact) mass is 517 g/mol. The summed E-state index contributed by atoms with van der Waals surface area (Å²) in [6.07, 6.45) is 3.64. The molecule has 5 unspecified atom stereocenters. The Kier molecular flexibility index (Phi) is 9.38. The van der Waals surface area contributed by atoms with E-state index in [1.807, 2.05) is 38.1 Å². The Bertz CT molecular complexity index is 1110. The van der Waals surface area contributed by atoms with Crippen molar-refractivity contribution in [2.24, 2.45) is 11.7 Å². The number of thiol groups is 1. The van der Waals surface area contributed by atoms with Crippen molar-refractivity contribution in [1.82, 2.24) is 20.5 Å². The number of nitrogens with one attached hydrogen (secondary N) is 3. The Morgan fingerprint density at radius 3 is 2.61 bits per heavy atom. The van der Waals surface area contributed by atoms with Crippen molar-refractivity contribution in [1.29, 1.82) is 0 Å². The second-order valence-electron chi connectivity index (χ2n) is 9.31. The highest BCUT2D eigenvalue weighted by atomic mass is 32.1. The van der Waals surface area contributed by atoms with Crippen molar-refractivity contribution in [3.8, 4) is 0 Å². The molecule has 1 aliphatic rings. The van der Waals surface area contributed by atoms with Crippen molar-refractivity contribution in [3.05, 3.63) is 36.0 Å². The molecule has 0 bridgehead atoms. The average molecular weight is 518 g/mol. The molecule has 0 saturated carbocycles. The minimum atomic E-state index is -1.20. The molecule has 5 atom stereocenters. The number of carbonyl (C=O) groups excluding carboxylic acids is 3. The minimum absolute atomic E-state index is 0.0251. The second-order valence-corrected chi connectivity index (χ2v) is 9.67. The molecule has 3 rings (SSSR count). The lowest BCUT2D eigenvalue weighted by Gasteiger charge is -2.30. The summed E-state index contributed by atoms with van der Waals surface area (Å²) in [5, 5.41) is 15.8. The molecule has 2 heterocycles. The Hall–Kier alpha value is -3.05. The van der Waals surface area contributed by atoms with Crippen LogP contribution in [-0.2, 0) is 25.6 Å². The highest BCUT2D eigenvalue weighted by Gasteiger charge is 2.38. The molecule has 196 valence electrons. The molecular weight excluding hydrogens is 482 g/mol. The Balaban J connectivity index is 1.65. The van der Waals surface area contributed by atoms with Crippen LogP contribution in [0.1, 0.15) is 38.7 Å². The van der Waals surface area contributed by atoms with E-state index in [4.69, 9.17) is 5.73 Å². The summed E-state index contributed by atoms with van der Waals surface area (Å²) in [6, 6.07) is 3.79. The largest absolute Gasteiger partial charge is 0.480 e. The molecule has 36 heavy (non-hydrogen) atoms. The number of hydrogen-bond donors (Lipinski definition) is 6. The predicted molar refractivity (Wildman–Crippen MR) is 140 cm³/mol. The number of carboxylic acids is 1. The average Bonchev–Trinajstić information content (AvgIpc) is 3.53. The first-order valence-corrected chi connectivity index (χ1v) is 12.9. The molecule has 3 amide bonds. The van der Waals surface area contributed by atoms with Gasteiger partial charge in [0, 0.05) is 35.8 Å². The third-order valence-corrected chi connectivity index (χ3v) is 7.27. The number of carboxylic acid groups (broad SMARTS) is 1. The Morgan fingerprint density at radius 2 is 1.94 bits per heavy atom. The lowest BCUT2D eigenvalue weighted by Crippen LogP contribution is -2.57. The van der Waals surface area contributed by atoms with E-state index in [-0.39, 0.29) is 24.0 Å². The molecule has 1 saturated heterocycles. The van der Waals surface area contributed by atoms with Crippen molar-refractivity contribution < 1.29 is 24.3 Å². The van der Waals surface area contributed by atoms with Gasteiger partial charge in [-0.15, -0.1) is 0 Å². The van der Waals surface area contributed by atoms with E-state index >= 15 is 0 Å². The number of hydrogen-bond acceptors (Lipinski definition) is 6. The number of aliphatic carboxylic acids is 1. The topological polar surface area (TPSA) is 158 Å². The number of nitrogens with two attached hydrogens (primary N) is 1. The van der Waals surface area contributed by atoms with Gasteiger partial charge in [-0.2, -0.15) is 12.6 Å². The fourth-order valence-electron chi connectivity index (χ4n) is 4.45. The van der Waals surface area contributed by atoms with Gasteiger partial charge in [0.05, 0.1) is 6.04 Å². The maximum Gasteiger partial charge on any atom is 0.326 e. The van der Waals surface area contributed by atoms with E-state index in [2.05, 4.69) is 28.2 Å². The first-order chi connectivity index (χ1) is 17.2. The van der Waals surface area contributed by atoms with Crippen LogP contribution in [0.2, 0.25) is 0 Å². The Morgan fingerprint density at radius 1 is 1.22 bits per heavy atom. The third kappa shape index (κ3) is 6.19. The van der Waals surface area contributed by atoms with Crippen LogP contribution < -0.4 is 16.4 Å². The number of aromatic nitrogens is 1. The summed E-state index contributed by atoms with van der Waals surface area (Å²) in [5.74, 6) is -2.66. The highest BCUT2D eigenvalue weighted by molar-refractivity contribution is 7.80. The van der Waals surface area contributed by atoms with Gasteiger partial charge in [0.2, 0.25) is 17.7 Å². The molecule has 11 heteroatoms. The fourth-order valence-corrected chi connectivity index (χ4v) is 4.70. The van der Waals surface area contributed by atoms with Crippen molar-refractivity contribution in [2.45, 2.75) is 63.7 Å². The lowest BCUT2D eigenvalue weighted by molar-refractivity contribution is -0.143. The minimum Gasteiger partial charge on any atom is -0.480 e. The first kappa shape index (κ1) is 27.5. The number of nitrogens with zero attached hydrogens (tertiary/aromatic N) is 1. The zero-order chi connectivity index (χ0) is 26.4. The summed E-state index contributed by atoms with van der Waals surface area (Å²) >= 11 is 4.19.